The summed E-state index contributed by atoms with van der Waals surface area (Å²) in [6.07, 6.45) is 0. The number of hydrogen-bond donors (Lipinski definition) is 1. The Morgan fingerprint density at radius 3 is 3.06 bits per heavy atom. The van der Waals surface area contributed by atoms with Crippen LogP contribution in [0.5, 0.6) is 0 Å². The molecule has 0 aliphatic carbocycles. The molecule has 0 spiro atoms. The first-order chi connectivity index (χ1) is 8.15. The first-order valence-electron chi connectivity index (χ1n) is 4.81. The Morgan fingerprint density at radius 2 is 2.41 bits per heavy atom. The summed E-state index contributed by atoms with van der Waals surface area (Å²) >= 11 is 1.33. The third-order valence-electron chi connectivity index (χ3n) is 1.92. The minimum Gasteiger partial charge on any atom is -0.480 e. The molecule has 0 fully saturated rings. The molecular formula is C9H10N4O3S. The van der Waals surface area contributed by atoms with E-state index in [-0.39, 0.29) is 6.54 Å². The molecule has 0 unspecified atom stereocenters. The Morgan fingerprint density at radius 1 is 1.59 bits per heavy atom. The molecule has 0 aliphatic heterocycles. The number of thioether (sulfide) groups is 1. The summed E-state index contributed by atoms with van der Waals surface area (Å²) in [5.41, 5.74) is 0. The summed E-state index contributed by atoms with van der Waals surface area (Å²) in [6, 6.07) is 3.74. The number of aliphatic carboxylic acids is 1. The lowest BCUT2D eigenvalue weighted by Crippen LogP contribution is -2.11. The highest BCUT2D eigenvalue weighted by molar-refractivity contribution is 7.98. The van der Waals surface area contributed by atoms with E-state index in [1.807, 2.05) is 19.1 Å². The van der Waals surface area contributed by atoms with E-state index in [9.17, 15) is 4.79 Å². The lowest BCUT2D eigenvalue weighted by Gasteiger charge is -1.99. The van der Waals surface area contributed by atoms with Crippen molar-refractivity contribution in [1.29, 1.82) is 0 Å². The van der Waals surface area contributed by atoms with Gasteiger partial charge in [0.15, 0.2) is 0 Å². The van der Waals surface area contributed by atoms with Gasteiger partial charge in [0.1, 0.15) is 18.1 Å². The Kier molecular flexibility index (Phi) is 3.43. The van der Waals surface area contributed by atoms with Gasteiger partial charge in [-0.3, -0.25) is 4.79 Å². The fourth-order valence-electron chi connectivity index (χ4n) is 1.23. The van der Waals surface area contributed by atoms with Crippen molar-refractivity contribution in [2.24, 2.45) is 0 Å². The van der Waals surface area contributed by atoms with Gasteiger partial charge in [-0.1, -0.05) is 11.8 Å². The maximum atomic E-state index is 10.6. The third-order valence-corrected chi connectivity index (χ3v) is 2.90. The van der Waals surface area contributed by atoms with E-state index in [1.54, 1.807) is 0 Å². The topological polar surface area (TPSA) is 94.0 Å². The highest BCUT2D eigenvalue weighted by atomic mass is 32.2. The van der Waals surface area contributed by atoms with Crippen LogP contribution in [0, 0.1) is 6.92 Å². The van der Waals surface area contributed by atoms with Crippen LogP contribution in [-0.4, -0.2) is 31.3 Å². The van der Waals surface area contributed by atoms with E-state index in [4.69, 9.17) is 9.52 Å². The van der Waals surface area contributed by atoms with Gasteiger partial charge in [-0.25, -0.2) is 4.68 Å². The van der Waals surface area contributed by atoms with E-state index < -0.39 is 5.97 Å². The summed E-state index contributed by atoms with van der Waals surface area (Å²) in [5, 5.41) is 19.9. The SMILES string of the molecule is Cc1ccc(CSc2nnnn2CC(=O)O)o1. The quantitative estimate of drug-likeness (QED) is 0.794. The van der Waals surface area contributed by atoms with Gasteiger partial charge in [-0.2, -0.15) is 0 Å². The van der Waals surface area contributed by atoms with Gasteiger partial charge in [-0.05, 0) is 29.5 Å². The maximum absolute atomic E-state index is 10.6. The number of furan rings is 1. The summed E-state index contributed by atoms with van der Waals surface area (Å²) in [4.78, 5) is 10.6. The second-order valence-electron chi connectivity index (χ2n) is 3.31. The molecular weight excluding hydrogens is 244 g/mol. The number of carbonyl (C=O) groups is 1. The standard InChI is InChI=1S/C9H10N4O3S/c1-6-2-3-7(16-6)5-17-9-10-11-12-13(9)4-8(14)15/h2-3H,4-5H2,1H3,(H,14,15). The number of hydrogen-bond acceptors (Lipinski definition) is 6. The number of carboxylic acid groups (broad SMARTS) is 1. The van der Waals surface area contributed by atoms with E-state index in [2.05, 4.69) is 15.5 Å². The van der Waals surface area contributed by atoms with Crippen molar-refractivity contribution in [2.75, 3.05) is 0 Å². The van der Waals surface area contributed by atoms with Crippen molar-refractivity contribution in [1.82, 2.24) is 20.2 Å². The van der Waals surface area contributed by atoms with Crippen LogP contribution in [0.4, 0.5) is 0 Å². The molecule has 0 radical (unpaired) electrons. The second kappa shape index (κ2) is 5.00. The predicted octanol–water partition coefficient (Wildman–Crippen LogP) is 0.951. The minimum absolute atomic E-state index is 0.244. The Balaban J connectivity index is 1.99. The number of tetrazole rings is 1. The van der Waals surface area contributed by atoms with Crippen LogP contribution < -0.4 is 0 Å². The van der Waals surface area contributed by atoms with Gasteiger partial charge in [0.2, 0.25) is 5.16 Å². The summed E-state index contributed by atoms with van der Waals surface area (Å²) < 4.78 is 6.63. The molecule has 1 N–H and O–H groups in total. The van der Waals surface area contributed by atoms with E-state index in [0.29, 0.717) is 10.9 Å². The van der Waals surface area contributed by atoms with Gasteiger partial charge in [0.25, 0.3) is 0 Å². The predicted molar refractivity (Wildman–Crippen MR) is 58.5 cm³/mol. The summed E-state index contributed by atoms with van der Waals surface area (Å²) in [6.45, 7) is 1.62. The number of aryl methyl sites for hydroxylation is 1. The van der Waals surface area contributed by atoms with Crippen molar-refractivity contribution in [2.45, 2.75) is 24.4 Å². The van der Waals surface area contributed by atoms with E-state index in [1.165, 1.54) is 16.4 Å². The molecule has 0 saturated heterocycles. The van der Waals surface area contributed by atoms with Crippen LogP contribution >= 0.6 is 11.8 Å². The smallest absolute Gasteiger partial charge is 0.325 e. The minimum atomic E-state index is -0.979. The molecule has 7 nitrogen and oxygen atoms in total. The van der Waals surface area contributed by atoms with Crippen molar-refractivity contribution >= 4 is 17.7 Å². The fraction of sp³-hybridized carbons (Fsp3) is 0.333. The number of rotatable bonds is 5. The van der Waals surface area contributed by atoms with Crippen molar-refractivity contribution < 1.29 is 14.3 Å². The molecule has 90 valence electrons. The third kappa shape index (κ3) is 3.06. The molecule has 0 bridgehead atoms. The lowest BCUT2D eigenvalue weighted by atomic mass is 10.5. The molecule has 2 rings (SSSR count). The van der Waals surface area contributed by atoms with Gasteiger partial charge >= 0.3 is 5.97 Å². The van der Waals surface area contributed by atoms with Crippen LogP contribution in [0.3, 0.4) is 0 Å². The zero-order valence-electron chi connectivity index (χ0n) is 9.03. The maximum Gasteiger partial charge on any atom is 0.325 e. The van der Waals surface area contributed by atoms with Gasteiger partial charge < -0.3 is 9.52 Å². The highest BCUT2D eigenvalue weighted by Crippen LogP contribution is 2.20. The first-order valence-corrected chi connectivity index (χ1v) is 5.80. The molecule has 0 aliphatic rings. The summed E-state index contributed by atoms with van der Waals surface area (Å²) in [7, 11) is 0. The van der Waals surface area contributed by atoms with Crippen LogP contribution in [0.2, 0.25) is 0 Å². The molecule has 0 amide bonds. The molecule has 2 heterocycles. The Hall–Kier alpha value is -1.83. The molecule has 17 heavy (non-hydrogen) atoms. The van der Waals surface area contributed by atoms with E-state index >= 15 is 0 Å². The number of aromatic nitrogens is 4. The fourth-order valence-corrected chi connectivity index (χ4v) is 2.00. The van der Waals surface area contributed by atoms with E-state index in [0.717, 1.165) is 11.5 Å². The first kappa shape index (κ1) is 11.6. The van der Waals surface area contributed by atoms with Crippen molar-refractivity contribution in [3.8, 4) is 0 Å². The normalized spacial score (nSPS) is 10.6. The van der Waals surface area contributed by atoms with Crippen LogP contribution in [0.25, 0.3) is 0 Å². The second-order valence-corrected chi connectivity index (χ2v) is 4.26. The van der Waals surface area contributed by atoms with Gasteiger partial charge in [0, 0.05) is 0 Å². The van der Waals surface area contributed by atoms with Crippen molar-refractivity contribution in [3.63, 3.8) is 0 Å². The average Bonchev–Trinajstić information content (AvgIpc) is 2.84. The highest BCUT2D eigenvalue weighted by Gasteiger charge is 2.10. The molecule has 0 atom stereocenters. The summed E-state index contributed by atoms with van der Waals surface area (Å²) in [5.74, 6) is 1.23. The zero-order valence-corrected chi connectivity index (χ0v) is 9.85. The Labute approximate surface area is 101 Å². The molecule has 8 heteroatoms. The zero-order chi connectivity index (χ0) is 12.3. The molecule has 2 aromatic rings. The van der Waals surface area contributed by atoms with Crippen LogP contribution in [0.15, 0.2) is 21.7 Å². The Bertz CT molecular complexity index is 522. The molecule has 0 aromatic carbocycles. The average molecular weight is 254 g/mol. The van der Waals surface area contributed by atoms with Gasteiger partial charge in [-0.15, -0.1) is 5.10 Å². The van der Waals surface area contributed by atoms with Crippen molar-refractivity contribution in [3.05, 3.63) is 23.7 Å². The number of nitrogens with zero attached hydrogens (tertiary/aromatic N) is 4. The molecule has 2 aromatic heterocycles. The monoisotopic (exact) mass is 254 g/mol. The van der Waals surface area contributed by atoms with Crippen LogP contribution in [-0.2, 0) is 17.1 Å². The lowest BCUT2D eigenvalue weighted by molar-refractivity contribution is -0.138. The van der Waals surface area contributed by atoms with Gasteiger partial charge in [0.05, 0.1) is 5.75 Å². The molecule has 0 saturated carbocycles. The van der Waals surface area contributed by atoms with Crippen LogP contribution in [0.1, 0.15) is 11.5 Å². The largest absolute Gasteiger partial charge is 0.480 e. The number of carboxylic acids is 1.